The molecule has 0 aliphatic heterocycles. The van der Waals surface area contributed by atoms with Crippen molar-refractivity contribution in [2.24, 2.45) is 17.0 Å². The van der Waals surface area contributed by atoms with Crippen LogP contribution in [0.15, 0.2) is 29.4 Å². The number of phenolic OH excluding ortho intramolecular Hbond substituents is 1. The first kappa shape index (κ1) is 15.4. The van der Waals surface area contributed by atoms with Gasteiger partial charge in [-0.3, -0.25) is 4.79 Å². The zero-order valence-corrected chi connectivity index (χ0v) is 12.4. The third-order valence-electron chi connectivity index (χ3n) is 3.58. The highest BCUT2D eigenvalue weighted by Gasteiger charge is 2.25. The highest BCUT2D eigenvalue weighted by Crippen LogP contribution is 2.28. The van der Waals surface area contributed by atoms with Crippen LogP contribution in [0.5, 0.6) is 5.75 Å². The molecule has 5 nitrogen and oxygen atoms in total. The number of hydrogen-bond acceptors (Lipinski definition) is 5. The topological polar surface area (TPSA) is 68.1 Å². The number of phenols is 1. The molecular weight excluding hydrogens is 270 g/mol. The molecule has 5 heteroatoms. The van der Waals surface area contributed by atoms with Gasteiger partial charge in [0, 0.05) is 0 Å². The van der Waals surface area contributed by atoms with Crippen LogP contribution in [0.25, 0.3) is 0 Å². The third-order valence-corrected chi connectivity index (χ3v) is 3.58. The molecule has 1 unspecified atom stereocenters. The summed E-state index contributed by atoms with van der Waals surface area (Å²) in [4.78, 5) is 17.2. The SMILES string of the molecule is COC(=O)C(Cc1ccc(O)cc1)/C(C)=N\OCC1CC1. The van der Waals surface area contributed by atoms with Crippen molar-refractivity contribution >= 4 is 11.7 Å². The molecule has 0 spiro atoms. The summed E-state index contributed by atoms with van der Waals surface area (Å²) in [5.41, 5.74) is 1.54. The van der Waals surface area contributed by atoms with Gasteiger partial charge in [0.1, 0.15) is 18.3 Å². The van der Waals surface area contributed by atoms with Gasteiger partial charge >= 0.3 is 5.97 Å². The Morgan fingerprint density at radius 3 is 2.62 bits per heavy atom. The van der Waals surface area contributed by atoms with Crippen LogP contribution < -0.4 is 0 Å². The number of hydrogen-bond donors (Lipinski definition) is 1. The number of esters is 1. The molecule has 1 aliphatic carbocycles. The summed E-state index contributed by atoms with van der Waals surface area (Å²) in [5, 5.41) is 13.3. The molecule has 0 aromatic heterocycles. The molecule has 1 aliphatic rings. The third kappa shape index (κ3) is 4.77. The van der Waals surface area contributed by atoms with E-state index in [2.05, 4.69) is 5.16 Å². The smallest absolute Gasteiger partial charge is 0.314 e. The van der Waals surface area contributed by atoms with Crippen molar-refractivity contribution in [3.8, 4) is 5.75 Å². The molecule has 1 aromatic carbocycles. The van der Waals surface area contributed by atoms with Gasteiger partial charge in [-0.05, 0) is 49.8 Å². The molecule has 1 atom stereocenters. The van der Waals surface area contributed by atoms with Gasteiger partial charge in [0.15, 0.2) is 0 Å². The van der Waals surface area contributed by atoms with E-state index in [4.69, 9.17) is 9.57 Å². The van der Waals surface area contributed by atoms with Crippen molar-refractivity contribution in [1.82, 2.24) is 0 Å². The summed E-state index contributed by atoms with van der Waals surface area (Å²) >= 11 is 0. The first-order valence-electron chi connectivity index (χ1n) is 7.12. The van der Waals surface area contributed by atoms with E-state index in [0.29, 0.717) is 24.7 Å². The number of carbonyl (C=O) groups is 1. The van der Waals surface area contributed by atoms with Crippen molar-refractivity contribution in [3.05, 3.63) is 29.8 Å². The van der Waals surface area contributed by atoms with Crippen LogP contribution in [-0.2, 0) is 20.8 Å². The average Bonchev–Trinajstić information content (AvgIpc) is 3.30. The first-order chi connectivity index (χ1) is 10.1. The molecule has 1 aromatic rings. The quantitative estimate of drug-likeness (QED) is 0.476. The maximum atomic E-state index is 11.9. The molecule has 0 radical (unpaired) electrons. The molecule has 0 amide bonds. The minimum absolute atomic E-state index is 0.200. The van der Waals surface area contributed by atoms with Crippen LogP contribution in [0, 0.1) is 11.8 Å². The number of ether oxygens (including phenoxy) is 1. The van der Waals surface area contributed by atoms with Crippen molar-refractivity contribution in [3.63, 3.8) is 0 Å². The van der Waals surface area contributed by atoms with Crippen LogP contribution in [0.4, 0.5) is 0 Å². The molecule has 114 valence electrons. The molecule has 2 rings (SSSR count). The highest BCUT2D eigenvalue weighted by molar-refractivity contribution is 6.00. The molecule has 0 saturated heterocycles. The average molecular weight is 291 g/mol. The molecule has 1 saturated carbocycles. The van der Waals surface area contributed by atoms with E-state index in [1.165, 1.54) is 20.0 Å². The normalized spacial score (nSPS) is 16.4. The van der Waals surface area contributed by atoms with Gasteiger partial charge in [-0.2, -0.15) is 0 Å². The highest BCUT2D eigenvalue weighted by atomic mass is 16.6. The minimum atomic E-state index is -0.473. The lowest BCUT2D eigenvalue weighted by Gasteiger charge is -2.14. The molecule has 0 heterocycles. The van der Waals surface area contributed by atoms with Crippen molar-refractivity contribution in [1.29, 1.82) is 0 Å². The van der Waals surface area contributed by atoms with Crippen molar-refractivity contribution in [2.75, 3.05) is 13.7 Å². The second-order valence-electron chi connectivity index (χ2n) is 5.42. The lowest BCUT2D eigenvalue weighted by atomic mass is 9.95. The summed E-state index contributed by atoms with van der Waals surface area (Å²) in [6, 6.07) is 6.76. The van der Waals surface area contributed by atoms with E-state index in [-0.39, 0.29) is 11.7 Å². The summed E-state index contributed by atoms with van der Waals surface area (Å²) in [6.45, 7) is 2.39. The first-order valence-corrected chi connectivity index (χ1v) is 7.12. The Morgan fingerprint density at radius 1 is 1.38 bits per heavy atom. The Hall–Kier alpha value is -2.04. The fourth-order valence-corrected chi connectivity index (χ4v) is 2.00. The zero-order chi connectivity index (χ0) is 15.2. The number of methoxy groups -OCH3 is 1. The van der Waals surface area contributed by atoms with Gasteiger partial charge in [-0.25, -0.2) is 0 Å². The van der Waals surface area contributed by atoms with Crippen LogP contribution in [-0.4, -0.2) is 30.5 Å². The van der Waals surface area contributed by atoms with E-state index in [1.54, 1.807) is 31.2 Å². The van der Waals surface area contributed by atoms with Crippen LogP contribution in [0.1, 0.15) is 25.3 Å². The van der Waals surface area contributed by atoms with Gasteiger partial charge in [-0.1, -0.05) is 17.3 Å². The van der Waals surface area contributed by atoms with E-state index < -0.39 is 5.92 Å². The maximum absolute atomic E-state index is 11.9. The lowest BCUT2D eigenvalue weighted by molar-refractivity contribution is -0.143. The Bertz CT molecular complexity index is 506. The second kappa shape index (κ2) is 7.11. The standard InChI is InChI=1S/C16H21NO4/c1-11(17-21-10-13-3-4-13)15(16(19)20-2)9-12-5-7-14(18)8-6-12/h5-8,13,15,18H,3-4,9-10H2,1-2H3/b17-11-. The summed E-state index contributed by atoms with van der Waals surface area (Å²) in [6.07, 6.45) is 2.86. The number of benzene rings is 1. The summed E-state index contributed by atoms with van der Waals surface area (Å²) < 4.78 is 4.84. The fraction of sp³-hybridized carbons (Fsp3) is 0.500. The van der Waals surface area contributed by atoms with Gasteiger partial charge in [0.25, 0.3) is 0 Å². The predicted molar refractivity (Wildman–Crippen MR) is 79.1 cm³/mol. The monoisotopic (exact) mass is 291 g/mol. The molecule has 21 heavy (non-hydrogen) atoms. The number of carbonyl (C=O) groups excluding carboxylic acids is 1. The lowest BCUT2D eigenvalue weighted by Crippen LogP contribution is -2.26. The number of nitrogens with zero attached hydrogens (tertiary/aromatic N) is 1. The van der Waals surface area contributed by atoms with Crippen molar-refractivity contribution < 1.29 is 19.5 Å². The second-order valence-corrected chi connectivity index (χ2v) is 5.42. The van der Waals surface area contributed by atoms with Gasteiger partial charge in [0.2, 0.25) is 0 Å². The van der Waals surface area contributed by atoms with Crippen LogP contribution in [0.3, 0.4) is 0 Å². The van der Waals surface area contributed by atoms with Crippen molar-refractivity contribution in [2.45, 2.75) is 26.2 Å². The predicted octanol–water partition coefficient (Wildman–Crippen LogP) is 2.53. The largest absolute Gasteiger partial charge is 0.508 e. The Balaban J connectivity index is 2.01. The number of rotatable bonds is 7. The molecule has 0 bridgehead atoms. The van der Waals surface area contributed by atoms with E-state index >= 15 is 0 Å². The number of oxime groups is 1. The zero-order valence-electron chi connectivity index (χ0n) is 12.4. The molecule has 1 fully saturated rings. The Kier molecular flexibility index (Phi) is 5.20. The van der Waals surface area contributed by atoms with E-state index in [1.807, 2.05) is 0 Å². The van der Waals surface area contributed by atoms with Gasteiger partial charge < -0.3 is 14.7 Å². The van der Waals surface area contributed by atoms with Crippen LogP contribution in [0.2, 0.25) is 0 Å². The maximum Gasteiger partial charge on any atom is 0.314 e. The van der Waals surface area contributed by atoms with E-state index in [0.717, 1.165) is 5.56 Å². The van der Waals surface area contributed by atoms with Crippen LogP contribution >= 0.6 is 0 Å². The fourth-order valence-electron chi connectivity index (χ4n) is 2.00. The molecular formula is C16H21NO4. The minimum Gasteiger partial charge on any atom is -0.508 e. The van der Waals surface area contributed by atoms with Gasteiger partial charge in [-0.15, -0.1) is 0 Å². The Labute approximate surface area is 124 Å². The summed E-state index contributed by atoms with van der Waals surface area (Å²) in [5.74, 6) is 0.0137. The van der Waals surface area contributed by atoms with E-state index in [9.17, 15) is 9.90 Å². The molecule has 1 N–H and O–H groups in total. The van der Waals surface area contributed by atoms with Gasteiger partial charge in [0.05, 0.1) is 12.8 Å². The summed E-state index contributed by atoms with van der Waals surface area (Å²) in [7, 11) is 1.37. The number of aromatic hydroxyl groups is 1. The Morgan fingerprint density at radius 2 is 2.05 bits per heavy atom.